The van der Waals surface area contributed by atoms with Crippen molar-refractivity contribution in [3.8, 4) is 0 Å². The van der Waals surface area contributed by atoms with Crippen LogP contribution in [0.1, 0.15) is 19.4 Å². The zero-order chi connectivity index (χ0) is 18.0. The van der Waals surface area contributed by atoms with Crippen LogP contribution in [-0.4, -0.2) is 19.1 Å². The lowest BCUT2D eigenvalue weighted by Gasteiger charge is -2.24. The average Bonchev–Trinajstić information content (AvgIpc) is 2.54. The Morgan fingerprint density at radius 1 is 1.08 bits per heavy atom. The van der Waals surface area contributed by atoms with Crippen molar-refractivity contribution in [3.63, 3.8) is 0 Å². The minimum absolute atomic E-state index is 0.0765. The summed E-state index contributed by atoms with van der Waals surface area (Å²) < 4.78 is 37.5. The highest BCUT2D eigenvalue weighted by Gasteiger charge is 2.42. The van der Waals surface area contributed by atoms with E-state index in [1.165, 1.54) is 50.2 Å². The van der Waals surface area contributed by atoms with E-state index in [2.05, 4.69) is 21.2 Å². The van der Waals surface area contributed by atoms with Crippen molar-refractivity contribution in [3.05, 3.63) is 64.4 Å². The lowest BCUT2D eigenvalue weighted by Crippen LogP contribution is -2.47. The second-order valence-electron chi connectivity index (χ2n) is 5.78. The van der Waals surface area contributed by atoms with E-state index in [9.17, 15) is 17.6 Å². The van der Waals surface area contributed by atoms with E-state index in [0.29, 0.717) is 5.56 Å². The number of rotatable bonds is 5. The monoisotopic (exact) mass is 413 g/mol. The summed E-state index contributed by atoms with van der Waals surface area (Å²) in [6.45, 7) is 2.85. The summed E-state index contributed by atoms with van der Waals surface area (Å²) in [6.07, 6.45) is 0. The third-order valence-corrected chi connectivity index (χ3v) is 6.66. The van der Waals surface area contributed by atoms with Gasteiger partial charge in [-0.05, 0) is 55.8 Å². The molecule has 0 aliphatic carbocycles. The molecule has 2 aromatic carbocycles. The van der Waals surface area contributed by atoms with Crippen LogP contribution in [0, 0.1) is 5.82 Å². The summed E-state index contributed by atoms with van der Waals surface area (Å²) in [5.74, 6) is -0.988. The van der Waals surface area contributed by atoms with Gasteiger partial charge in [-0.1, -0.05) is 28.1 Å². The van der Waals surface area contributed by atoms with Gasteiger partial charge in [0.25, 0.3) is 0 Å². The van der Waals surface area contributed by atoms with Gasteiger partial charge in [-0.15, -0.1) is 0 Å². The van der Waals surface area contributed by atoms with Gasteiger partial charge in [0.2, 0.25) is 5.91 Å². The van der Waals surface area contributed by atoms with Gasteiger partial charge in [0.1, 0.15) is 10.6 Å². The maximum Gasteiger partial charge on any atom is 0.241 e. The van der Waals surface area contributed by atoms with Crippen LogP contribution in [0.2, 0.25) is 0 Å². The van der Waals surface area contributed by atoms with Crippen LogP contribution in [0.5, 0.6) is 0 Å². The number of benzene rings is 2. The number of carbonyl (C=O) groups is 1. The molecule has 0 heterocycles. The first kappa shape index (κ1) is 18.6. The molecule has 1 amide bonds. The Labute approximate surface area is 149 Å². The molecule has 0 fully saturated rings. The predicted octanol–water partition coefficient (Wildman–Crippen LogP) is 3.46. The molecule has 2 rings (SSSR count). The van der Waals surface area contributed by atoms with Crippen LogP contribution >= 0.6 is 15.9 Å². The molecule has 0 saturated carbocycles. The normalized spacial score (nSPS) is 12.0. The van der Waals surface area contributed by atoms with Crippen molar-refractivity contribution in [2.75, 3.05) is 0 Å². The molecule has 0 spiro atoms. The fourth-order valence-electron chi connectivity index (χ4n) is 2.03. The summed E-state index contributed by atoms with van der Waals surface area (Å²) in [4.78, 5) is 12.5. The average molecular weight is 414 g/mol. The van der Waals surface area contributed by atoms with Crippen molar-refractivity contribution in [2.24, 2.45) is 0 Å². The zero-order valence-corrected chi connectivity index (χ0v) is 15.6. The summed E-state index contributed by atoms with van der Waals surface area (Å²) in [5.41, 5.74) is 0.682. The predicted molar refractivity (Wildman–Crippen MR) is 93.7 cm³/mol. The fraction of sp³-hybridized carbons (Fsp3) is 0.235. The fourth-order valence-corrected chi connectivity index (χ4v) is 3.69. The van der Waals surface area contributed by atoms with E-state index in [-0.39, 0.29) is 17.3 Å². The maximum absolute atomic E-state index is 12.9. The number of carbonyl (C=O) groups excluding carboxylic acids is 1. The maximum atomic E-state index is 12.9. The van der Waals surface area contributed by atoms with Gasteiger partial charge in [0.05, 0.1) is 4.90 Å². The zero-order valence-electron chi connectivity index (χ0n) is 13.2. The van der Waals surface area contributed by atoms with Crippen LogP contribution in [0.25, 0.3) is 0 Å². The number of sulfone groups is 1. The standard InChI is InChI=1S/C17H17BrFNO3S/c1-17(2,24(22,23)15-9-5-13(18)6-10-15)16(21)20-11-12-3-7-14(19)8-4-12/h3-10H,11H2,1-2H3,(H,20,21). The van der Waals surface area contributed by atoms with Gasteiger partial charge in [0, 0.05) is 11.0 Å². The SMILES string of the molecule is CC(C)(C(=O)NCc1ccc(F)cc1)S(=O)(=O)c1ccc(Br)cc1. The lowest BCUT2D eigenvalue weighted by molar-refractivity contribution is -0.123. The number of amides is 1. The van der Waals surface area contributed by atoms with Gasteiger partial charge in [0.15, 0.2) is 9.84 Å². The molecule has 0 unspecified atom stereocenters. The van der Waals surface area contributed by atoms with Crippen LogP contribution in [0.3, 0.4) is 0 Å². The third kappa shape index (κ3) is 3.84. The summed E-state index contributed by atoms with van der Waals surface area (Å²) in [5, 5.41) is 2.60. The van der Waals surface area contributed by atoms with Gasteiger partial charge in [-0.3, -0.25) is 4.79 Å². The van der Waals surface area contributed by atoms with E-state index in [1.54, 1.807) is 12.1 Å². The van der Waals surface area contributed by atoms with E-state index in [1.807, 2.05) is 0 Å². The van der Waals surface area contributed by atoms with Gasteiger partial charge >= 0.3 is 0 Å². The molecule has 0 atom stereocenters. The number of nitrogens with one attached hydrogen (secondary N) is 1. The minimum atomic E-state index is -3.86. The lowest BCUT2D eigenvalue weighted by atomic mass is 10.1. The van der Waals surface area contributed by atoms with Gasteiger partial charge in [-0.2, -0.15) is 0 Å². The number of hydrogen-bond donors (Lipinski definition) is 1. The molecule has 0 aromatic heterocycles. The second-order valence-corrected chi connectivity index (χ2v) is 9.19. The smallest absolute Gasteiger partial charge is 0.241 e. The van der Waals surface area contributed by atoms with Crippen molar-refractivity contribution in [2.45, 2.75) is 30.0 Å². The highest BCUT2D eigenvalue weighted by atomic mass is 79.9. The Kier molecular flexibility index (Phi) is 5.45. The number of halogens is 2. The highest BCUT2D eigenvalue weighted by molar-refractivity contribution is 9.10. The molecular formula is C17H17BrFNO3S. The molecule has 7 heteroatoms. The van der Waals surface area contributed by atoms with Gasteiger partial charge in [-0.25, -0.2) is 12.8 Å². The first-order valence-corrected chi connectivity index (χ1v) is 9.45. The second kappa shape index (κ2) is 7.03. The van der Waals surface area contributed by atoms with E-state index in [4.69, 9.17) is 0 Å². The quantitative estimate of drug-likeness (QED) is 0.815. The van der Waals surface area contributed by atoms with E-state index < -0.39 is 20.5 Å². The van der Waals surface area contributed by atoms with Crippen LogP contribution < -0.4 is 5.32 Å². The molecule has 0 bridgehead atoms. The van der Waals surface area contributed by atoms with Gasteiger partial charge < -0.3 is 5.32 Å². The highest BCUT2D eigenvalue weighted by Crippen LogP contribution is 2.27. The summed E-state index contributed by atoms with van der Waals surface area (Å²) in [6, 6.07) is 11.8. The van der Waals surface area contributed by atoms with E-state index in [0.717, 1.165) is 4.47 Å². The van der Waals surface area contributed by atoms with Crippen molar-refractivity contribution in [1.82, 2.24) is 5.32 Å². The van der Waals surface area contributed by atoms with Crippen molar-refractivity contribution in [1.29, 1.82) is 0 Å². The molecule has 0 aliphatic heterocycles. The molecular weight excluding hydrogens is 397 g/mol. The molecule has 4 nitrogen and oxygen atoms in total. The molecule has 2 aromatic rings. The third-order valence-electron chi connectivity index (χ3n) is 3.71. The van der Waals surface area contributed by atoms with Crippen LogP contribution in [-0.2, 0) is 21.2 Å². The number of hydrogen-bond acceptors (Lipinski definition) is 3. The molecule has 24 heavy (non-hydrogen) atoms. The molecule has 0 radical (unpaired) electrons. The minimum Gasteiger partial charge on any atom is -0.351 e. The molecule has 128 valence electrons. The Morgan fingerprint density at radius 3 is 2.17 bits per heavy atom. The topological polar surface area (TPSA) is 63.2 Å². The largest absolute Gasteiger partial charge is 0.351 e. The first-order valence-electron chi connectivity index (χ1n) is 7.17. The van der Waals surface area contributed by atoms with Crippen LogP contribution in [0.4, 0.5) is 4.39 Å². The van der Waals surface area contributed by atoms with Crippen LogP contribution in [0.15, 0.2) is 57.9 Å². The summed E-state index contributed by atoms with van der Waals surface area (Å²) in [7, 11) is -3.86. The van der Waals surface area contributed by atoms with Crippen molar-refractivity contribution >= 4 is 31.7 Å². The summed E-state index contributed by atoms with van der Waals surface area (Å²) >= 11 is 3.25. The molecule has 0 aliphatic rings. The Bertz CT molecular complexity index is 831. The molecule has 1 N–H and O–H groups in total. The Hall–Kier alpha value is -1.73. The first-order chi connectivity index (χ1) is 11.1. The molecule has 0 saturated heterocycles. The van der Waals surface area contributed by atoms with Crippen molar-refractivity contribution < 1.29 is 17.6 Å². The van der Waals surface area contributed by atoms with E-state index >= 15 is 0 Å². The Balaban J connectivity index is 2.16. The Morgan fingerprint density at radius 2 is 1.62 bits per heavy atom.